The highest BCUT2D eigenvalue weighted by Crippen LogP contribution is 2.19. The molecule has 0 atom stereocenters. The van der Waals surface area contributed by atoms with Crippen LogP contribution >= 0.6 is 0 Å². The monoisotopic (exact) mass is 378 g/mol. The number of aryl methyl sites for hydroxylation is 1. The summed E-state index contributed by atoms with van der Waals surface area (Å²) in [7, 11) is 0. The Morgan fingerprint density at radius 3 is 2.32 bits per heavy atom. The molecule has 6 nitrogen and oxygen atoms in total. The van der Waals surface area contributed by atoms with Gasteiger partial charge in [-0.2, -0.15) is 5.10 Å². The predicted molar refractivity (Wildman–Crippen MR) is 105 cm³/mol. The quantitative estimate of drug-likeness (QED) is 0.460. The Hall–Kier alpha value is -3.41. The lowest BCUT2D eigenvalue weighted by Crippen LogP contribution is -2.15. The molecule has 0 amide bonds. The normalized spacial score (nSPS) is 10.5. The smallest absolute Gasteiger partial charge is 0.342 e. The first-order valence-corrected chi connectivity index (χ1v) is 9.06. The number of para-hydroxylation sites is 1. The van der Waals surface area contributed by atoms with Gasteiger partial charge in [-0.05, 0) is 57.2 Å². The van der Waals surface area contributed by atoms with Crippen molar-refractivity contribution in [3.05, 3.63) is 77.1 Å². The number of nitrogens with zero attached hydrogens (tertiary/aromatic N) is 2. The van der Waals surface area contributed by atoms with Crippen LogP contribution in [0.4, 0.5) is 0 Å². The molecular formula is C22H22N2O4. The average molecular weight is 378 g/mol. The Labute approximate surface area is 163 Å². The van der Waals surface area contributed by atoms with E-state index in [9.17, 15) is 9.59 Å². The van der Waals surface area contributed by atoms with Gasteiger partial charge in [0, 0.05) is 5.56 Å². The van der Waals surface area contributed by atoms with Crippen molar-refractivity contribution in [1.29, 1.82) is 0 Å². The number of carbonyl (C=O) groups excluding carboxylic acids is 2. The van der Waals surface area contributed by atoms with Crippen LogP contribution in [0.2, 0.25) is 0 Å². The second-order valence-electron chi connectivity index (χ2n) is 6.25. The maximum atomic E-state index is 12.6. The van der Waals surface area contributed by atoms with E-state index in [4.69, 9.17) is 9.47 Å². The number of hydrogen-bond acceptors (Lipinski definition) is 5. The molecular weight excluding hydrogens is 356 g/mol. The molecule has 0 unspecified atom stereocenters. The van der Waals surface area contributed by atoms with Gasteiger partial charge in [-0.3, -0.25) is 4.79 Å². The Kier molecular flexibility index (Phi) is 5.89. The number of rotatable bonds is 7. The second-order valence-corrected chi connectivity index (χ2v) is 6.25. The molecule has 0 aliphatic carbocycles. The minimum atomic E-state index is -0.559. The SMILES string of the molecule is CCOc1ccc(C(=O)COC(=O)c2c(C)nn(-c3ccccc3)c2C)cc1. The van der Waals surface area contributed by atoms with Crippen molar-refractivity contribution in [2.24, 2.45) is 0 Å². The average Bonchev–Trinajstić information content (AvgIpc) is 3.01. The minimum Gasteiger partial charge on any atom is -0.494 e. The van der Waals surface area contributed by atoms with Crippen molar-refractivity contribution in [2.45, 2.75) is 20.8 Å². The standard InChI is InChI=1S/C22H22N2O4/c1-4-27-19-12-10-17(11-13-19)20(25)14-28-22(26)21-15(2)23-24(16(21)3)18-8-6-5-7-9-18/h5-13H,4,14H2,1-3H3. The molecule has 0 aliphatic rings. The topological polar surface area (TPSA) is 70.4 Å². The molecule has 144 valence electrons. The van der Waals surface area contributed by atoms with Crippen LogP contribution in [-0.2, 0) is 4.74 Å². The third-order valence-corrected chi connectivity index (χ3v) is 4.32. The number of aromatic nitrogens is 2. The zero-order valence-corrected chi connectivity index (χ0v) is 16.1. The molecule has 0 saturated carbocycles. The van der Waals surface area contributed by atoms with Crippen molar-refractivity contribution >= 4 is 11.8 Å². The van der Waals surface area contributed by atoms with E-state index in [1.807, 2.05) is 37.3 Å². The Morgan fingerprint density at radius 1 is 1.00 bits per heavy atom. The van der Waals surface area contributed by atoms with E-state index in [2.05, 4.69) is 5.10 Å². The number of carbonyl (C=O) groups is 2. The molecule has 0 saturated heterocycles. The van der Waals surface area contributed by atoms with Gasteiger partial charge in [-0.25, -0.2) is 9.48 Å². The van der Waals surface area contributed by atoms with E-state index in [1.165, 1.54) is 0 Å². The number of ether oxygens (including phenoxy) is 2. The van der Waals surface area contributed by atoms with Crippen LogP contribution in [0.3, 0.4) is 0 Å². The Morgan fingerprint density at radius 2 is 1.68 bits per heavy atom. The van der Waals surface area contributed by atoms with Crippen LogP contribution in [0.25, 0.3) is 5.69 Å². The molecule has 28 heavy (non-hydrogen) atoms. The highest BCUT2D eigenvalue weighted by molar-refractivity contribution is 5.99. The molecule has 0 spiro atoms. The van der Waals surface area contributed by atoms with Gasteiger partial charge >= 0.3 is 5.97 Å². The van der Waals surface area contributed by atoms with E-state index in [1.54, 1.807) is 42.8 Å². The minimum absolute atomic E-state index is 0.276. The van der Waals surface area contributed by atoms with E-state index < -0.39 is 5.97 Å². The van der Waals surface area contributed by atoms with Crippen molar-refractivity contribution in [3.63, 3.8) is 0 Å². The van der Waals surface area contributed by atoms with Crippen LogP contribution in [0.1, 0.15) is 39.0 Å². The highest BCUT2D eigenvalue weighted by Gasteiger charge is 2.21. The molecule has 6 heteroatoms. The lowest BCUT2D eigenvalue weighted by molar-refractivity contribution is 0.0473. The third kappa shape index (κ3) is 4.11. The molecule has 0 radical (unpaired) electrons. The molecule has 3 rings (SSSR count). The number of benzene rings is 2. The fourth-order valence-electron chi connectivity index (χ4n) is 2.95. The van der Waals surface area contributed by atoms with Gasteiger partial charge in [-0.15, -0.1) is 0 Å². The van der Waals surface area contributed by atoms with Crippen LogP contribution in [0.15, 0.2) is 54.6 Å². The van der Waals surface area contributed by atoms with Gasteiger partial charge < -0.3 is 9.47 Å². The molecule has 0 bridgehead atoms. The van der Waals surface area contributed by atoms with Gasteiger partial charge in [0.1, 0.15) is 11.3 Å². The van der Waals surface area contributed by atoms with E-state index in [0.29, 0.717) is 34.9 Å². The van der Waals surface area contributed by atoms with Gasteiger partial charge in [0.05, 0.1) is 23.7 Å². The lowest BCUT2D eigenvalue weighted by atomic mass is 10.1. The van der Waals surface area contributed by atoms with Crippen molar-refractivity contribution < 1.29 is 19.1 Å². The summed E-state index contributed by atoms with van der Waals surface area (Å²) >= 11 is 0. The Balaban J connectivity index is 1.70. The number of Topliss-reactive ketones (excluding diaryl/α,β-unsaturated/α-hetero) is 1. The summed E-state index contributed by atoms with van der Waals surface area (Å²) in [6.07, 6.45) is 0. The summed E-state index contributed by atoms with van der Waals surface area (Å²) in [5.74, 6) is -0.144. The van der Waals surface area contributed by atoms with E-state index in [-0.39, 0.29) is 12.4 Å². The zero-order valence-electron chi connectivity index (χ0n) is 16.1. The largest absolute Gasteiger partial charge is 0.494 e. The lowest BCUT2D eigenvalue weighted by Gasteiger charge is -2.07. The van der Waals surface area contributed by atoms with Crippen LogP contribution in [0, 0.1) is 13.8 Å². The summed E-state index contributed by atoms with van der Waals surface area (Å²) < 4.78 is 12.3. The Bertz CT molecular complexity index is 976. The van der Waals surface area contributed by atoms with Crippen molar-refractivity contribution in [2.75, 3.05) is 13.2 Å². The number of ketones is 1. The summed E-state index contributed by atoms with van der Waals surface area (Å²) in [6, 6.07) is 16.3. The maximum absolute atomic E-state index is 12.6. The van der Waals surface area contributed by atoms with Crippen LogP contribution < -0.4 is 4.74 Å². The molecule has 0 aliphatic heterocycles. The first-order valence-electron chi connectivity index (χ1n) is 9.06. The fourth-order valence-corrected chi connectivity index (χ4v) is 2.95. The number of hydrogen-bond donors (Lipinski definition) is 0. The summed E-state index contributed by atoms with van der Waals surface area (Å²) in [5.41, 5.74) is 2.92. The van der Waals surface area contributed by atoms with Crippen LogP contribution in [0.5, 0.6) is 5.75 Å². The molecule has 0 fully saturated rings. The van der Waals surface area contributed by atoms with Crippen molar-refractivity contribution in [3.8, 4) is 11.4 Å². The first kappa shape index (κ1) is 19.4. The van der Waals surface area contributed by atoms with E-state index >= 15 is 0 Å². The molecule has 3 aromatic rings. The molecule has 2 aromatic carbocycles. The second kappa shape index (κ2) is 8.52. The molecule has 1 aromatic heterocycles. The van der Waals surface area contributed by atoms with Gasteiger partial charge in [0.25, 0.3) is 0 Å². The fraction of sp³-hybridized carbons (Fsp3) is 0.227. The highest BCUT2D eigenvalue weighted by atomic mass is 16.5. The molecule has 0 N–H and O–H groups in total. The summed E-state index contributed by atoms with van der Waals surface area (Å²) in [4.78, 5) is 24.9. The van der Waals surface area contributed by atoms with Crippen LogP contribution in [-0.4, -0.2) is 34.7 Å². The van der Waals surface area contributed by atoms with Gasteiger partial charge in [-0.1, -0.05) is 18.2 Å². The maximum Gasteiger partial charge on any atom is 0.342 e. The van der Waals surface area contributed by atoms with Gasteiger partial charge in [0.15, 0.2) is 12.4 Å². The molecule has 1 heterocycles. The third-order valence-electron chi connectivity index (χ3n) is 4.32. The van der Waals surface area contributed by atoms with E-state index in [0.717, 1.165) is 5.69 Å². The summed E-state index contributed by atoms with van der Waals surface area (Å²) in [5, 5.41) is 4.43. The number of esters is 1. The predicted octanol–water partition coefficient (Wildman–Crippen LogP) is 3.93. The summed E-state index contributed by atoms with van der Waals surface area (Å²) in [6.45, 7) is 5.67. The van der Waals surface area contributed by atoms with Gasteiger partial charge in [0.2, 0.25) is 0 Å². The zero-order chi connectivity index (χ0) is 20.1. The van der Waals surface area contributed by atoms with Crippen molar-refractivity contribution in [1.82, 2.24) is 9.78 Å². The first-order chi connectivity index (χ1) is 13.5.